The van der Waals surface area contributed by atoms with Gasteiger partial charge in [0.25, 0.3) is 0 Å². The van der Waals surface area contributed by atoms with Crippen LogP contribution in [0.1, 0.15) is 24.2 Å². The molecule has 102 valence electrons. The third-order valence-corrected chi connectivity index (χ3v) is 6.10. The zero-order valence-corrected chi connectivity index (χ0v) is 11.4. The Hall–Kier alpha value is -1.40. The molecule has 1 atom stereocenters. The Bertz CT molecular complexity index is 706. The van der Waals surface area contributed by atoms with Crippen LogP contribution < -0.4 is 5.73 Å². The minimum Gasteiger partial charge on any atom is -0.326 e. The molecule has 0 saturated carbocycles. The predicted octanol–water partition coefficient (Wildman–Crippen LogP) is 0.913. The Kier molecular flexibility index (Phi) is 3.06. The van der Waals surface area contributed by atoms with E-state index in [4.69, 9.17) is 5.73 Å². The van der Waals surface area contributed by atoms with Crippen molar-refractivity contribution in [2.75, 3.05) is 5.75 Å². The Morgan fingerprint density at radius 1 is 1.47 bits per heavy atom. The molecule has 5 nitrogen and oxygen atoms in total. The molecule has 0 radical (unpaired) electrons. The molecule has 0 aliphatic carbocycles. The minimum atomic E-state index is -2.93. The van der Waals surface area contributed by atoms with Crippen LogP contribution in [0.3, 0.4) is 0 Å². The fourth-order valence-electron chi connectivity index (χ4n) is 2.75. The first-order valence-electron chi connectivity index (χ1n) is 6.47. The first kappa shape index (κ1) is 12.6. The van der Waals surface area contributed by atoms with Gasteiger partial charge in [-0.15, -0.1) is 0 Å². The van der Waals surface area contributed by atoms with Crippen molar-refractivity contribution in [2.24, 2.45) is 5.73 Å². The summed E-state index contributed by atoms with van der Waals surface area (Å²) in [6, 6.07) is 3.89. The molecule has 3 heterocycles. The van der Waals surface area contributed by atoms with Gasteiger partial charge in [0.2, 0.25) is 0 Å². The lowest BCUT2D eigenvalue weighted by Crippen LogP contribution is -2.20. The van der Waals surface area contributed by atoms with E-state index in [1.807, 2.05) is 22.7 Å². The van der Waals surface area contributed by atoms with Crippen LogP contribution in [0.4, 0.5) is 0 Å². The maximum Gasteiger partial charge on any atom is 0.153 e. The Morgan fingerprint density at radius 2 is 2.32 bits per heavy atom. The molecule has 0 bridgehead atoms. The monoisotopic (exact) mass is 279 g/mol. The van der Waals surface area contributed by atoms with Crippen molar-refractivity contribution in [1.29, 1.82) is 0 Å². The van der Waals surface area contributed by atoms with E-state index in [9.17, 15) is 8.42 Å². The molecule has 0 spiro atoms. The smallest absolute Gasteiger partial charge is 0.153 e. The summed E-state index contributed by atoms with van der Waals surface area (Å²) in [7, 11) is -2.93. The number of sulfone groups is 1. The molecular weight excluding hydrogens is 262 g/mol. The third-order valence-electron chi connectivity index (χ3n) is 3.83. The van der Waals surface area contributed by atoms with E-state index >= 15 is 0 Å². The van der Waals surface area contributed by atoms with Crippen LogP contribution in [-0.2, 0) is 22.8 Å². The summed E-state index contributed by atoms with van der Waals surface area (Å²) < 4.78 is 25.7. The summed E-state index contributed by atoms with van der Waals surface area (Å²) in [4.78, 5) is 4.38. The van der Waals surface area contributed by atoms with Crippen molar-refractivity contribution in [3.8, 4) is 0 Å². The van der Waals surface area contributed by atoms with Gasteiger partial charge in [-0.25, -0.2) is 13.4 Å². The standard InChI is InChI=1S/C13H17N3O2S/c14-8-10-3-1-5-16-12(10)9-15-13(16)7-11-4-2-6-19(11,17)18/h1,3,5,9,11H,2,4,6-8,14H2. The van der Waals surface area contributed by atoms with Crippen LogP contribution >= 0.6 is 0 Å². The molecule has 2 N–H and O–H groups in total. The van der Waals surface area contributed by atoms with Crippen molar-refractivity contribution in [3.05, 3.63) is 35.9 Å². The van der Waals surface area contributed by atoms with Crippen LogP contribution in [0.25, 0.3) is 5.52 Å². The lowest BCUT2D eigenvalue weighted by molar-refractivity contribution is 0.586. The maximum absolute atomic E-state index is 11.9. The molecule has 3 rings (SSSR count). The van der Waals surface area contributed by atoms with Gasteiger partial charge < -0.3 is 10.1 Å². The average Bonchev–Trinajstić information content (AvgIpc) is 2.94. The molecule has 1 saturated heterocycles. The van der Waals surface area contributed by atoms with Crippen LogP contribution in [0, 0.1) is 0 Å². The fourth-order valence-corrected chi connectivity index (χ4v) is 4.58. The molecule has 0 aromatic carbocycles. The predicted molar refractivity (Wildman–Crippen MR) is 73.6 cm³/mol. The van der Waals surface area contributed by atoms with Gasteiger partial charge >= 0.3 is 0 Å². The number of hydrogen-bond acceptors (Lipinski definition) is 4. The molecule has 1 aliphatic rings. The number of imidazole rings is 1. The molecule has 1 aliphatic heterocycles. The van der Waals surface area contributed by atoms with Gasteiger partial charge in [-0.3, -0.25) is 0 Å². The highest BCUT2D eigenvalue weighted by Crippen LogP contribution is 2.24. The SMILES string of the molecule is NCc1cccn2c(CC3CCCS3(=O)=O)ncc12. The van der Waals surface area contributed by atoms with Crippen molar-refractivity contribution in [1.82, 2.24) is 9.38 Å². The largest absolute Gasteiger partial charge is 0.326 e. The maximum atomic E-state index is 11.9. The number of rotatable bonds is 3. The summed E-state index contributed by atoms with van der Waals surface area (Å²) in [5.74, 6) is 1.12. The third kappa shape index (κ3) is 2.15. The first-order valence-corrected chi connectivity index (χ1v) is 8.19. The molecule has 6 heteroatoms. The summed E-state index contributed by atoms with van der Waals surface area (Å²) in [6.45, 7) is 0.456. The zero-order chi connectivity index (χ0) is 13.5. The molecule has 1 fully saturated rings. The molecule has 2 aromatic heterocycles. The van der Waals surface area contributed by atoms with Crippen molar-refractivity contribution in [3.63, 3.8) is 0 Å². The van der Waals surface area contributed by atoms with Crippen LogP contribution in [0.15, 0.2) is 24.5 Å². The summed E-state index contributed by atoms with van der Waals surface area (Å²) in [6.07, 6.45) is 5.69. The molecule has 1 unspecified atom stereocenters. The second-order valence-electron chi connectivity index (χ2n) is 5.00. The fraction of sp³-hybridized carbons (Fsp3) is 0.462. The normalized spacial score (nSPS) is 22.1. The Morgan fingerprint density at radius 3 is 3.00 bits per heavy atom. The van der Waals surface area contributed by atoms with E-state index in [0.29, 0.717) is 18.7 Å². The van der Waals surface area contributed by atoms with E-state index in [1.54, 1.807) is 6.20 Å². The highest BCUT2D eigenvalue weighted by atomic mass is 32.2. The van der Waals surface area contributed by atoms with Gasteiger partial charge in [-0.1, -0.05) is 6.07 Å². The van der Waals surface area contributed by atoms with E-state index < -0.39 is 9.84 Å². The quantitative estimate of drug-likeness (QED) is 0.906. The second kappa shape index (κ2) is 4.61. The van der Waals surface area contributed by atoms with Gasteiger partial charge in [0.1, 0.15) is 5.82 Å². The number of aromatic nitrogens is 2. The molecule has 19 heavy (non-hydrogen) atoms. The van der Waals surface area contributed by atoms with E-state index in [1.165, 1.54) is 0 Å². The Balaban J connectivity index is 1.98. The molecule has 0 amide bonds. The van der Waals surface area contributed by atoms with Gasteiger partial charge in [0.15, 0.2) is 9.84 Å². The lowest BCUT2D eigenvalue weighted by atomic mass is 10.2. The Labute approximate surface area is 112 Å². The lowest BCUT2D eigenvalue weighted by Gasteiger charge is -2.09. The molecular formula is C13H17N3O2S. The van der Waals surface area contributed by atoms with Gasteiger partial charge in [0.05, 0.1) is 22.7 Å². The van der Waals surface area contributed by atoms with E-state index in [2.05, 4.69) is 4.98 Å². The average molecular weight is 279 g/mol. The van der Waals surface area contributed by atoms with Crippen molar-refractivity contribution in [2.45, 2.75) is 31.1 Å². The number of hydrogen-bond donors (Lipinski definition) is 1. The number of nitrogens with zero attached hydrogens (tertiary/aromatic N) is 2. The van der Waals surface area contributed by atoms with Crippen molar-refractivity contribution < 1.29 is 8.42 Å². The first-order chi connectivity index (χ1) is 9.12. The number of fused-ring (bicyclic) bond motifs is 1. The van der Waals surface area contributed by atoms with Gasteiger partial charge in [0, 0.05) is 19.2 Å². The van der Waals surface area contributed by atoms with Crippen molar-refractivity contribution >= 4 is 15.4 Å². The van der Waals surface area contributed by atoms with Crippen LogP contribution in [0.2, 0.25) is 0 Å². The summed E-state index contributed by atoms with van der Waals surface area (Å²) in [5.41, 5.74) is 7.69. The number of pyridine rings is 1. The van der Waals surface area contributed by atoms with E-state index in [-0.39, 0.29) is 5.25 Å². The minimum absolute atomic E-state index is 0.278. The summed E-state index contributed by atoms with van der Waals surface area (Å²) >= 11 is 0. The van der Waals surface area contributed by atoms with Crippen LogP contribution in [0.5, 0.6) is 0 Å². The summed E-state index contributed by atoms with van der Waals surface area (Å²) in [5, 5.41) is -0.278. The van der Waals surface area contributed by atoms with Gasteiger partial charge in [-0.05, 0) is 24.5 Å². The highest BCUT2D eigenvalue weighted by molar-refractivity contribution is 7.92. The second-order valence-corrected chi connectivity index (χ2v) is 7.40. The topological polar surface area (TPSA) is 77.5 Å². The highest BCUT2D eigenvalue weighted by Gasteiger charge is 2.32. The van der Waals surface area contributed by atoms with Crippen LogP contribution in [-0.4, -0.2) is 28.8 Å². The van der Waals surface area contributed by atoms with Gasteiger partial charge in [-0.2, -0.15) is 0 Å². The molecule has 2 aromatic rings. The van der Waals surface area contributed by atoms with E-state index in [0.717, 1.165) is 29.7 Å². The number of nitrogens with two attached hydrogens (primary N) is 1. The zero-order valence-electron chi connectivity index (χ0n) is 10.6.